The number of fused-ring (bicyclic) bond motifs is 3. The summed E-state index contributed by atoms with van der Waals surface area (Å²) >= 11 is 1.23. The van der Waals surface area contributed by atoms with Gasteiger partial charge in [0.05, 0.1) is 17.2 Å². The Hall–Kier alpha value is -1.55. The average molecular weight is 187 g/mol. The van der Waals surface area contributed by atoms with Gasteiger partial charge in [0.25, 0.3) is 0 Å². The van der Waals surface area contributed by atoms with Crippen LogP contribution in [0.15, 0.2) is 30.5 Å². The van der Waals surface area contributed by atoms with E-state index in [1.807, 2.05) is 24.3 Å². The van der Waals surface area contributed by atoms with Crippen molar-refractivity contribution >= 4 is 33.7 Å². The fourth-order valence-electron chi connectivity index (χ4n) is 1.39. The molecular formula is C9H5N3S. The lowest BCUT2D eigenvalue weighted by atomic mass is 10.2. The molecule has 0 radical (unpaired) electrons. The predicted molar refractivity (Wildman–Crippen MR) is 52.7 cm³/mol. The average Bonchev–Trinajstić information content (AvgIpc) is 2.65. The molecule has 3 nitrogen and oxygen atoms in total. The Morgan fingerprint density at radius 2 is 2.00 bits per heavy atom. The van der Waals surface area contributed by atoms with Gasteiger partial charge in [-0.15, -0.1) is 0 Å². The van der Waals surface area contributed by atoms with Crippen LogP contribution in [0.1, 0.15) is 0 Å². The van der Waals surface area contributed by atoms with E-state index in [-0.39, 0.29) is 0 Å². The Balaban J connectivity index is 2.65. The van der Waals surface area contributed by atoms with Gasteiger partial charge in [-0.25, -0.2) is 0 Å². The van der Waals surface area contributed by atoms with Gasteiger partial charge in [0.1, 0.15) is 11.0 Å². The number of hydrogen-bond donors (Lipinski definition) is 0. The van der Waals surface area contributed by atoms with Crippen molar-refractivity contribution in [1.29, 1.82) is 0 Å². The standard InChI is InChI=1S/C9H5N3S/c1-2-6-3-4-7-9(12-13-11-7)8(6)10-5-1/h1-5H. The van der Waals surface area contributed by atoms with Crippen LogP contribution < -0.4 is 0 Å². The minimum absolute atomic E-state index is 0.906. The second-order valence-electron chi connectivity index (χ2n) is 2.77. The number of pyridine rings is 1. The van der Waals surface area contributed by atoms with Crippen molar-refractivity contribution in [2.24, 2.45) is 0 Å². The first-order valence-electron chi connectivity index (χ1n) is 3.91. The highest BCUT2D eigenvalue weighted by Gasteiger charge is 2.03. The van der Waals surface area contributed by atoms with Gasteiger partial charge in [-0.2, -0.15) is 8.75 Å². The molecule has 3 aromatic rings. The molecule has 0 aliphatic rings. The van der Waals surface area contributed by atoms with Crippen LogP contribution in [0.3, 0.4) is 0 Å². The molecule has 62 valence electrons. The van der Waals surface area contributed by atoms with Crippen molar-refractivity contribution in [3.63, 3.8) is 0 Å². The molecule has 0 bridgehead atoms. The monoisotopic (exact) mass is 187 g/mol. The molecule has 0 saturated carbocycles. The van der Waals surface area contributed by atoms with E-state index in [0.29, 0.717) is 0 Å². The summed E-state index contributed by atoms with van der Waals surface area (Å²) in [5.41, 5.74) is 2.77. The van der Waals surface area contributed by atoms with Crippen molar-refractivity contribution in [3.8, 4) is 0 Å². The molecule has 0 saturated heterocycles. The summed E-state index contributed by atoms with van der Waals surface area (Å²) < 4.78 is 8.37. The highest BCUT2D eigenvalue weighted by atomic mass is 32.1. The first-order valence-corrected chi connectivity index (χ1v) is 4.64. The number of hydrogen-bond acceptors (Lipinski definition) is 4. The van der Waals surface area contributed by atoms with Gasteiger partial charge >= 0.3 is 0 Å². The fraction of sp³-hybridized carbons (Fsp3) is 0. The Kier molecular flexibility index (Phi) is 1.31. The summed E-state index contributed by atoms with van der Waals surface area (Å²) in [7, 11) is 0. The zero-order valence-corrected chi connectivity index (χ0v) is 7.45. The first kappa shape index (κ1) is 6.91. The predicted octanol–water partition coefficient (Wildman–Crippen LogP) is 2.24. The third-order valence-electron chi connectivity index (χ3n) is 2.00. The van der Waals surface area contributed by atoms with Crippen molar-refractivity contribution in [3.05, 3.63) is 30.5 Å². The quantitative estimate of drug-likeness (QED) is 0.541. The maximum atomic E-state index is 4.29. The second kappa shape index (κ2) is 2.47. The SMILES string of the molecule is c1cnc2c(c1)ccc1nsnc12. The maximum absolute atomic E-state index is 4.29. The number of benzene rings is 1. The molecule has 0 fully saturated rings. The van der Waals surface area contributed by atoms with E-state index >= 15 is 0 Å². The fourth-order valence-corrected chi connectivity index (χ4v) is 1.93. The lowest BCUT2D eigenvalue weighted by Crippen LogP contribution is -1.79. The highest BCUT2D eigenvalue weighted by Crippen LogP contribution is 2.20. The summed E-state index contributed by atoms with van der Waals surface area (Å²) in [5, 5.41) is 1.11. The second-order valence-corrected chi connectivity index (χ2v) is 3.30. The Labute approximate surface area is 78.4 Å². The van der Waals surface area contributed by atoms with Crippen LogP contribution in [0.25, 0.3) is 21.9 Å². The van der Waals surface area contributed by atoms with Gasteiger partial charge in [-0.05, 0) is 12.1 Å². The van der Waals surface area contributed by atoms with Crippen LogP contribution in [-0.4, -0.2) is 13.7 Å². The lowest BCUT2D eigenvalue weighted by molar-refractivity contribution is 1.42. The lowest BCUT2D eigenvalue weighted by Gasteiger charge is -1.94. The van der Waals surface area contributed by atoms with Crippen LogP contribution in [0, 0.1) is 0 Å². The highest BCUT2D eigenvalue weighted by molar-refractivity contribution is 7.00. The van der Waals surface area contributed by atoms with E-state index in [0.717, 1.165) is 21.9 Å². The van der Waals surface area contributed by atoms with Crippen LogP contribution in [-0.2, 0) is 0 Å². The Morgan fingerprint density at radius 3 is 3.00 bits per heavy atom. The van der Waals surface area contributed by atoms with Gasteiger partial charge < -0.3 is 0 Å². The smallest absolute Gasteiger partial charge is 0.130 e. The van der Waals surface area contributed by atoms with Gasteiger partial charge in [-0.1, -0.05) is 12.1 Å². The van der Waals surface area contributed by atoms with E-state index in [2.05, 4.69) is 13.7 Å². The minimum atomic E-state index is 0.906. The molecule has 2 heterocycles. The van der Waals surface area contributed by atoms with Crippen molar-refractivity contribution in [2.75, 3.05) is 0 Å². The molecule has 0 atom stereocenters. The molecule has 0 aliphatic heterocycles. The molecule has 13 heavy (non-hydrogen) atoms. The third-order valence-corrected chi connectivity index (χ3v) is 2.54. The molecule has 0 unspecified atom stereocenters. The molecule has 0 aliphatic carbocycles. The Bertz CT molecular complexity index is 573. The van der Waals surface area contributed by atoms with Crippen LogP contribution in [0.2, 0.25) is 0 Å². The summed E-state index contributed by atoms with van der Waals surface area (Å²) in [6.07, 6.45) is 1.78. The van der Waals surface area contributed by atoms with E-state index in [1.54, 1.807) is 6.20 Å². The molecule has 0 spiro atoms. The number of nitrogens with zero attached hydrogens (tertiary/aromatic N) is 3. The van der Waals surface area contributed by atoms with E-state index in [1.165, 1.54) is 11.7 Å². The zero-order chi connectivity index (χ0) is 8.67. The van der Waals surface area contributed by atoms with Gasteiger partial charge in [0.2, 0.25) is 0 Å². The maximum Gasteiger partial charge on any atom is 0.130 e. The van der Waals surface area contributed by atoms with Crippen LogP contribution in [0.4, 0.5) is 0 Å². The summed E-state index contributed by atoms with van der Waals surface area (Å²) in [6, 6.07) is 7.95. The molecule has 0 amide bonds. The number of aromatic nitrogens is 3. The van der Waals surface area contributed by atoms with E-state index < -0.39 is 0 Å². The van der Waals surface area contributed by atoms with E-state index in [4.69, 9.17) is 0 Å². The zero-order valence-electron chi connectivity index (χ0n) is 6.64. The number of rotatable bonds is 0. The van der Waals surface area contributed by atoms with Crippen molar-refractivity contribution < 1.29 is 0 Å². The van der Waals surface area contributed by atoms with Crippen LogP contribution in [0.5, 0.6) is 0 Å². The van der Waals surface area contributed by atoms with Crippen molar-refractivity contribution in [1.82, 2.24) is 13.7 Å². The molecular weight excluding hydrogens is 182 g/mol. The normalized spacial score (nSPS) is 11.1. The first-order chi connectivity index (χ1) is 6.45. The van der Waals surface area contributed by atoms with Gasteiger partial charge in [-0.3, -0.25) is 4.98 Å². The molecule has 2 aromatic heterocycles. The third kappa shape index (κ3) is 0.922. The molecule has 3 rings (SSSR count). The van der Waals surface area contributed by atoms with E-state index in [9.17, 15) is 0 Å². The molecule has 4 heteroatoms. The molecule has 1 aromatic carbocycles. The largest absolute Gasteiger partial charge is 0.254 e. The summed E-state index contributed by atoms with van der Waals surface area (Å²) in [4.78, 5) is 4.29. The summed E-state index contributed by atoms with van der Waals surface area (Å²) in [6.45, 7) is 0. The van der Waals surface area contributed by atoms with Crippen LogP contribution >= 0.6 is 11.7 Å². The summed E-state index contributed by atoms with van der Waals surface area (Å²) in [5.74, 6) is 0. The van der Waals surface area contributed by atoms with Gasteiger partial charge in [0, 0.05) is 11.6 Å². The van der Waals surface area contributed by atoms with Crippen molar-refractivity contribution in [2.45, 2.75) is 0 Å². The van der Waals surface area contributed by atoms with Gasteiger partial charge in [0.15, 0.2) is 0 Å². The molecule has 0 N–H and O–H groups in total. The topological polar surface area (TPSA) is 38.7 Å². The Morgan fingerprint density at radius 1 is 1.00 bits per heavy atom. The minimum Gasteiger partial charge on any atom is -0.254 e.